The summed E-state index contributed by atoms with van der Waals surface area (Å²) in [5, 5.41) is 24.3. The number of para-hydroxylation sites is 1. The maximum Gasteiger partial charge on any atom is 0.352 e. The Kier molecular flexibility index (Phi) is 9.26. The van der Waals surface area contributed by atoms with Crippen molar-refractivity contribution in [1.29, 1.82) is 0 Å². The minimum absolute atomic E-state index is 0.0711. The molecule has 0 aliphatic heterocycles. The molecule has 212 valence electrons. The number of sulfonamides is 1. The fourth-order valence-corrected chi connectivity index (χ4v) is 5.39. The van der Waals surface area contributed by atoms with E-state index in [0.717, 1.165) is 26.3 Å². The third-order valence-corrected chi connectivity index (χ3v) is 8.49. The van der Waals surface area contributed by atoms with Crippen molar-refractivity contribution in [3.63, 3.8) is 0 Å². The number of ether oxygens (including phenoxy) is 1. The molecule has 0 saturated heterocycles. The fourth-order valence-electron chi connectivity index (χ4n) is 4.49. The molecule has 3 aromatic carbocycles. The average Bonchev–Trinajstić information content (AvgIpc) is 3.29. The van der Waals surface area contributed by atoms with Crippen LogP contribution in [0.15, 0.2) is 83.8 Å². The SMILES string of the molecule is CC(Cc1ccc2c(c1)cc(C(=O)O)n2Cc1ccc(S(=O)(=O)N(C)C)cc1)NC[C@H](O)COc1ccccc1. The molecule has 10 heteroatoms. The molecule has 0 aliphatic carbocycles. The van der Waals surface area contributed by atoms with E-state index < -0.39 is 22.1 Å². The zero-order valence-electron chi connectivity index (χ0n) is 22.8. The van der Waals surface area contributed by atoms with Gasteiger partial charge in [0.2, 0.25) is 10.0 Å². The number of hydrogen-bond donors (Lipinski definition) is 3. The molecule has 0 bridgehead atoms. The lowest BCUT2D eigenvalue weighted by molar-refractivity contribution is 0.0686. The van der Waals surface area contributed by atoms with Gasteiger partial charge in [-0.05, 0) is 66.9 Å². The highest BCUT2D eigenvalue weighted by molar-refractivity contribution is 7.89. The zero-order valence-corrected chi connectivity index (χ0v) is 23.6. The van der Waals surface area contributed by atoms with Crippen molar-refractivity contribution >= 4 is 26.9 Å². The van der Waals surface area contributed by atoms with E-state index in [0.29, 0.717) is 18.7 Å². The van der Waals surface area contributed by atoms with Crippen LogP contribution in [0.2, 0.25) is 0 Å². The number of carboxylic acid groups (broad SMARTS) is 1. The standard InChI is InChI=1S/C30H35N3O6S/c1-21(31-18-25(34)20-39-26-7-5-4-6-8-26)15-23-11-14-28-24(16-23)17-29(30(35)36)33(28)19-22-9-12-27(13-10-22)40(37,38)32(2)3/h4-14,16-17,21,25,31,34H,15,18-20H2,1-3H3,(H,35,36)/t21?,25-/m0/s1. The number of aliphatic hydroxyl groups excluding tert-OH is 1. The van der Waals surface area contributed by atoms with Gasteiger partial charge >= 0.3 is 5.97 Å². The molecule has 3 N–H and O–H groups in total. The van der Waals surface area contributed by atoms with Gasteiger partial charge in [0.05, 0.1) is 4.90 Å². The molecular formula is C30H35N3O6S. The minimum atomic E-state index is -3.54. The topological polar surface area (TPSA) is 121 Å². The van der Waals surface area contributed by atoms with Gasteiger partial charge < -0.3 is 24.8 Å². The molecule has 2 atom stereocenters. The first kappa shape index (κ1) is 29.3. The first-order chi connectivity index (χ1) is 19.0. The van der Waals surface area contributed by atoms with Gasteiger partial charge in [0.25, 0.3) is 0 Å². The Bertz CT molecular complexity index is 1550. The molecule has 1 unspecified atom stereocenters. The number of carboxylic acids is 1. The van der Waals surface area contributed by atoms with Gasteiger partial charge in [0, 0.05) is 44.1 Å². The molecule has 0 saturated carbocycles. The number of fused-ring (bicyclic) bond motifs is 1. The van der Waals surface area contributed by atoms with E-state index in [1.165, 1.54) is 26.2 Å². The number of nitrogens with one attached hydrogen (secondary N) is 1. The van der Waals surface area contributed by atoms with E-state index >= 15 is 0 Å². The lowest BCUT2D eigenvalue weighted by Crippen LogP contribution is -2.37. The first-order valence-electron chi connectivity index (χ1n) is 13.0. The second-order valence-corrected chi connectivity index (χ2v) is 12.2. The number of hydrogen-bond acceptors (Lipinski definition) is 6. The Morgan fingerprint density at radius 2 is 1.68 bits per heavy atom. The van der Waals surface area contributed by atoms with Crippen LogP contribution in [-0.4, -0.2) is 72.9 Å². The summed E-state index contributed by atoms with van der Waals surface area (Å²) in [6.45, 7) is 2.89. The minimum Gasteiger partial charge on any atom is -0.491 e. The molecule has 0 spiro atoms. The number of rotatable bonds is 13. The molecule has 9 nitrogen and oxygen atoms in total. The normalized spacial score (nSPS) is 13.4. The van der Waals surface area contributed by atoms with E-state index in [4.69, 9.17) is 4.74 Å². The predicted molar refractivity (Wildman–Crippen MR) is 154 cm³/mol. The maximum absolute atomic E-state index is 12.4. The van der Waals surface area contributed by atoms with E-state index in [-0.39, 0.29) is 29.8 Å². The second-order valence-electron chi connectivity index (χ2n) is 10.0. The molecular weight excluding hydrogens is 530 g/mol. The summed E-state index contributed by atoms with van der Waals surface area (Å²) in [4.78, 5) is 12.2. The Morgan fingerprint density at radius 1 is 1.00 bits per heavy atom. The van der Waals surface area contributed by atoms with Crippen LogP contribution in [0.4, 0.5) is 0 Å². The summed E-state index contributed by atoms with van der Waals surface area (Å²) in [7, 11) is -0.589. The van der Waals surface area contributed by atoms with Crippen LogP contribution in [0.5, 0.6) is 5.75 Å². The largest absolute Gasteiger partial charge is 0.491 e. The Morgan fingerprint density at radius 3 is 2.33 bits per heavy atom. The van der Waals surface area contributed by atoms with Crippen LogP contribution in [-0.2, 0) is 23.0 Å². The monoisotopic (exact) mass is 565 g/mol. The molecule has 4 rings (SSSR count). The van der Waals surface area contributed by atoms with Gasteiger partial charge in [0.15, 0.2) is 0 Å². The van der Waals surface area contributed by atoms with Gasteiger partial charge in [0.1, 0.15) is 24.2 Å². The maximum atomic E-state index is 12.4. The number of benzene rings is 3. The molecule has 0 amide bonds. The van der Waals surface area contributed by atoms with E-state index in [1.807, 2.05) is 55.5 Å². The highest BCUT2D eigenvalue weighted by atomic mass is 32.2. The Hall–Kier alpha value is -3.70. The van der Waals surface area contributed by atoms with Crippen molar-refractivity contribution in [1.82, 2.24) is 14.2 Å². The number of aromatic nitrogens is 1. The average molecular weight is 566 g/mol. The van der Waals surface area contributed by atoms with Crippen LogP contribution >= 0.6 is 0 Å². The number of carbonyl (C=O) groups is 1. The van der Waals surface area contributed by atoms with Crippen molar-refractivity contribution in [3.8, 4) is 5.75 Å². The van der Waals surface area contributed by atoms with Crippen molar-refractivity contribution in [2.75, 3.05) is 27.2 Å². The van der Waals surface area contributed by atoms with E-state index in [2.05, 4.69) is 5.32 Å². The van der Waals surface area contributed by atoms with Gasteiger partial charge in [-0.15, -0.1) is 0 Å². The van der Waals surface area contributed by atoms with Gasteiger partial charge in [-0.2, -0.15) is 0 Å². The molecule has 0 radical (unpaired) electrons. The summed E-state index contributed by atoms with van der Waals surface area (Å²) >= 11 is 0. The predicted octanol–water partition coefficient (Wildman–Crippen LogP) is 3.60. The quantitative estimate of drug-likeness (QED) is 0.227. The van der Waals surface area contributed by atoms with Gasteiger partial charge in [-0.25, -0.2) is 17.5 Å². The van der Waals surface area contributed by atoms with Crippen molar-refractivity contribution < 1.29 is 28.2 Å². The van der Waals surface area contributed by atoms with Crippen molar-refractivity contribution in [2.24, 2.45) is 0 Å². The Balaban J connectivity index is 1.42. The third kappa shape index (κ3) is 7.08. The Labute approximate surface area is 234 Å². The number of nitrogens with zero attached hydrogens (tertiary/aromatic N) is 2. The lowest BCUT2D eigenvalue weighted by atomic mass is 10.0. The van der Waals surface area contributed by atoms with E-state index in [1.54, 1.807) is 22.8 Å². The molecule has 4 aromatic rings. The third-order valence-electron chi connectivity index (χ3n) is 6.66. The van der Waals surface area contributed by atoms with Crippen LogP contribution in [0, 0.1) is 0 Å². The number of aromatic carboxylic acids is 1. The van der Waals surface area contributed by atoms with Crippen LogP contribution < -0.4 is 10.1 Å². The van der Waals surface area contributed by atoms with Gasteiger partial charge in [-0.1, -0.05) is 36.4 Å². The fraction of sp³-hybridized carbons (Fsp3) is 0.300. The zero-order chi connectivity index (χ0) is 28.9. The van der Waals surface area contributed by atoms with E-state index in [9.17, 15) is 23.4 Å². The summed E-state index contributed by atoms with van der Waals surface area (Å²) in [5.74, 6) is -0.323. The number of aliphatic hydroxyl groups is 1. The second kappa shape index (κ2) is 12.6. The molecule has 1 aromatic heterocycles. The van der Waals surface area contributed by atoms with Crippen molar-refractivity contribution in [2.45, 2.75) is 36.9 Å². The summed E-state index contributed by atoms with van der Waals surface area (Å²) in [6, 6.07) is 23.4. The van der Waals surface area contributed by atoms with Gasteiger partial charge in [-0.3, -0.25) is 0 Å². The van der Waals surface area contributed by atoms with Crippen LogP contribution in [0.25, 0.3) is 10.9 Å². The first-order valence-corrected chi connectivity index (χ1v) is 14.4. The molecule has 1 heterocycles. The summed E-state index contributed by atoms with van der Waals surface area (Å²) in [5.41, 5.74) is 2.76. The summed E-state index contributed by atoms with van der Waals surface area (Å²) < 4.78 is 33.2. The smallest absolute Gasteiger partial charge is 0.352 e. The molecule has 40 heavy (non-hydrogen) atoms. The van der Waals surface area contributed by atoms with Crippen LogP contribution in [0.1, 0.15) is 28.5 Å². The highest BCUT2D eigenvalue weighted by Gasteiger charge is 2.19. The molecule has 0 fully saturated rings. The van der Waals surface area contributed by atoms with Crippen LogP contribution in [0.3, 0.4) is 0 Å². The lowest BCUT2D eigenvalue weighted by Gasteiger charge is -2.18. The molecule has 0 aliphatic rings. The highest BCUT2D eigenvalue weighted by Crippen LogP contribution is 2.24. The summed E-state index contributed by atoms with van der Waals surface area (Å²) in [6.07, 6.45) is 0.0341. The van der Waals surface area contributed by atoms with Crippen molar-refractivity contribution in [3.05, 3.63) is 95.7 Å².